The lowest BCUT2D eigenvalue weighted by molar-refractivity contribution is -0.0423. The number of H-pyrrole nitrogens is 1. The minimum atomic E-state index is -0.896. The third kappa shape index (κ3) is 1.87. The van der Waals surface area contributed by atoms with Crippen molar-refractivity contribution in [2.45, 2.75) is 18.4 Å². The Kier molecular flexibility index (Phi) is 2.73. The Labute approximate surface area is 106 Å². The van der Waals surface area contributed by atoms with Crippen molar-refractivity contribution in [3.8, 4) is 0 Å². The molecule has 0 spiro atoms. The first-order valence-corrected chi connectivity index (χ1v) is 5.62. The molecule has 1 radical (unpaired) electrons. The number of aromatic amines is 1. The van der Waals surface area contributed by atoms with Gasteiger partial charge in [-0.1, -0.05) is 0 Å². The second kappa shape index (κ2) is 4.30. The highest BCUT2D eigenvalue weighted by atomic mass is 16.5. The fourth-order valence-electron chi connectivity index (χ4n) is 2.04. The molecule has 0 amide bonds. The highest BCUT2D eigenvalue weighted by Crippen LogP contribution is 2.29. The standard InChI is InChI=1S/C10H12N5O4/c11-10-13-8-7(9(18)14-10)12-3-15(8)6-1-4(17)5(2-16)19-6/h1,3-6,16-17H,2H2,(H3,11,13,14,18)/t4?,5-,6-/m1/s1. The average Bonchev–Trinajstić information content (AvgIpc) is 2.92. The number of nitrogens with zero attached hydrogens (tertiary/aromatic N) is 3. The predicted molar refractivity (Wildman–Crippen MR) is 63.9 cm³/mol. The van der Waals surface area contributed by atoms with Gasteiger partial charge in [0.15, 0.2) is 11.2 Å². The first-order valence-electron chi connectivity index (χ1n) is 5.62. The topological polar surface area (TPSA) is 139 Å². The number of rotatable bonds is 2. The molecule has 9 nitrogen and oxygen atoms in total. The highest BCUT2D eigenvalue weighted by molar-refractivity contribution is 5.70. The van der Waals surface area contributed by atoms with Gasteiger partial charge in [0.1, 0.15) is 12.3 Å². The molecule has 3 heterocycles. The number of nitrogen functional groups attached to an aromatic ring is 1. The maximum Gasteiger partial charge on any atom is 0.280 e. The van der Waals surface area contributed by atoms with Gasteiger partial charge in [-0.05, 0) is 0 Å². The molecule has 2 aromatic rings. The second-order valence-corrected chi connectivity index (χ2v) is 4.21. The van der Waals surface area contributed by atoms with E-state index in [2.05, 4.69) is 15.0 Å². The first kappa shape index (κ1) is 12.1. The van der Waals surface area contributed by atoms with E-state index in [0.29, 0.717) is 0 Å². The SMILES string of the molecule is Nc1nc2c(ncn2[C@H]2[CH]C(O)[C@@H](CO)O2)c(=O)[nH]1. The van der Waals surface area contributed by atoms with E-state index >= 15 is 0 Å². The van der Waals surface area contributed by atoms with Crippen LogP contribution in [-0.2, 0) is 4.74 Å². The molecule has 2 aromatic heterocycles. The number of hydrogen-bond donors (Lipinski definition) is 4. The normalized spacial score (nSPS) is 27.2. The van der Waals surface area contributed by atoms with Crippen molar-refractivity contribution in [3.05, 3.63) is 23.1 Å². The molecule has 101 valence electrons. The van der Waals surface area contributed by atoms with E-state index in [9.17, 15) is 9.90 Å². The number of fused-ring (bicyclic) bond motifs is 1. The molecule has 1 saturated heterocycles. The van der Waals surface area contributed by atoms with E-state index in [0.717, 1.165) is 0 Å². The summed E-state index contributed by atoms with van der Waals surface area (Å²) >= 11 is 0. The van der Waals surface area contributed by atoms with Gasteiger partial charge in [-0.25, -0.2) is 4.98 Å². The molecule has 3 rings (SSSR count). The van der Waals surface area contributed by atoms with Crippen LogP contribution in [0.2, 0.25) is 0 Å². The summed E-state index contributed by atoms with van der Waals surface area (Å²) in [6.45, 7) is -0.309. The van der Waals surface area contributed by atoms with Gasteiger partial charge in [-0.3, -0.25) is 14.3 Å². The molecule has 1 aliphatic heterocycles. The molecule has 9 heteroatoms. The molecule has 0 aromatic carbocycles. The van der Waals surface area contributed by atoms with Crippen molar-refractivity contribution in [2.24, 2.45) is 0 Å². The second-order valence-electron chi connectivity index (χ2n) is 4.21. The Hall–Kier alpha value is -1.97. The Balaban J connectivity index is 2.05. The quantitative estimate of drug-likeness (QED) is 0.500. The van der Waals surface area contributed by atoms with Crippen molar-refractivity contribution in [2.75, 3.05) is 12.3 Å². The number of imidazole rings is 1. The van der Waals surface area contributed by atoms with Crippen LogP contribution < -0.4 is 11.3 Å². The zero-order chi connectivity index (χ0) is 13.6. The van der Waals surface area contributed by atoms with Crippen LogP contribution in [0.5, 0.6) is 0 Å². The number of ether oxygens (including phenoxy) is 1. The van der Waals surface area contributed by atoms with E-state index in [1.165, 1.54) is 17.3 Å². The Morgan fingerprint density at radius 2 is 2.37 bits per heavy atom. The van der Waals surface area contributed by atoms with E-state index < -0.39 is 24.0 Å². The van der Waals surface area contributed by atoms with Gasteiger partial charge in [0.2, 0.25) is 5.95 Å². The minimum Gasteiger partial charge on any atom is -0.394 e. The van der Waals surface area contributed by atoms with Crippen LogP contribution in [0.25, 0.3) is 11.2 Å². The minimum absolute atomic E-state index is 0.0310. The number of nitrogens with one attached hydrogen (secondary N) is 1. The van der Waals surface area contributed by atoms with Gasteiger partial charge in [0, 0.05) is 6.42 Å². The number of hydrogen-bond acceptors (Lipinski definition) is 7. The maximum atomic E-state index is 11.6. The zero-order valence-electron chi connectivity index (χ0n) is 9.72. The highest BCUT2D eigenvalue weighted by Gasteiger charge is 2.35. The number of aromatic nitrogens is 4. The molecule has 0 bridgehead atoms. The summed E-state index contributed by atoms with van der Waals surface area (Å²) in [5.41, 5.74) is 5.43. The lowest BCUT2D eigenvalue weighted by atomic mass is 10.2. The monoisotopic (exact) mass is 266 g/mol. The van der Waals surface area contributed by atoms with Crippen LogP contribution in [0.1, 0.15) is 6.23 Å². The summed E-state index contributed by atoms with van der Waals surface area (Å²) in [5, 5.41) is 18.7. The largest absolute Gasteiger partial charge is 0.394 e. The Morgan fingerprint density at radius 1 is 1.58 bits per heavy atom. The molecular formula is C10H12N5O4. The van der Waals surface area contributed by atoms with E-state index in [1.807, 2.05) is 0 Å². The molecule has 1 aliphatic rings. The van der Waals surface area contributed by atoms with Gasteiger partial charge in [-0.2, -0.15) is 4.98 Å². The number of aliphatic hydroxyl groups is 2. The van der Waals surface area contributed by atoms with Crippen LogP contribution in [0.3, 0.4) is 0 Å². The molecule has 0 saturated carbocycles. The first-order chi connectivity index (χ1) is 9.10. The van der Waals surface area contributed by atoms with Crippen molar-refractivity contribution in [3.63, 3.8) is 0 Å². The lowest BCUT2D eigenvalue weighted by Crippen LogP contribution is -2.24. The van der Waals surface area contributed by atoms with Gasteiger partial charge in [0.05, 0.1) is 19.0 Å². The summed E-state index contributed by atoms with van der Waals surface area (Å²) in [4.78, 5) is 21.9. The molecule has 3 atom stereocenters. The molecule has 5 N–H and O–H groups in total. The lowest BCUT2D eigenvalue weighted by Gasteiger charge is -2.13. The van der Waals surface area contributed by atoms with Crippen LogP contribution in [0.4, 0.5) is 5.95 Å². The molecule has 0 aliphatic carbocycles. The zero-order valence-corrected chi connectivity index (χ0v) is 9.72. The van der Waals surface area contributed by atoms with Crippen molar-refractivity contribution < 1.29 is 14.9 Å². The molecule has 19 heavy (non-hydrogen) atoms. The average molecular weight is 266 g/mol. The summed E-state index contributed by atoms with van der Waals surface area (Å²) in [5.74, 6) is -0.0310. The van der Waals surface area contributed by atoms with Crippen LogP contribution >= 0.6 is 0 Å². The van der Waals surface area contributed by atoms with Crippen LogP contribution in [-0.4, -0.2) is 48.5 Å². The van der Waals surface area contributed by atoms with Gasteiger partial charge in [0.25, 0.3) is 5.56 Å². The van der Waals surface area contributed by atoms with Crippen molar-refractivity contribution in [1.29, 1.82) is 0 Å². The van der Waals surface area contributed by atoms with E-state index in [-0.39, 0.29) is 23.7 Å². The maximum absolute atomic E-state index is 11.6. The van der Waals surface area contributed by atoms with Gasteiger partial charge >= 0.3 is 0 Å². The van der Waals surface area contributed by atoms with Crippen molar-refractivity contribution >= 4 is 17.1 Å². The molecular weight excluding hydrogens is 254 g/mol. The smallest absolute Gasteiger partial charge is 0.280 e. The fraction of sp³-hybridized carbons (Fsp3) is 0.400. The van der Waals surface area contributed by atoms with E-state index in [4.69, 9.17) is 15.6 Å². The number of anilines is 1. The third-order valence-electron chi connectivity index (χ3n) is 2.96. The fourth-order valence-corrected chi connectivity index (χ4v) is 2.04. The number of nitrogens with two attached hydrogens (primary N) is 1. The summed E-state index contributed by atoms with van der Waals surface area (Å²) < 4.78 is 6.90. The molecule has 1 unspecified atom stereocenters. The van der Waals surface area contributed by atoms with Crippen LogP contribution in [0, 0.1) is 6.42 Å². The predicted octanol–water partition coefficient (Wildman–Crippen LogP) is -1.84. The molecule has 1 fully saturated rings. The number of aliphatic hydroxyl groups excluding tert-OH is 2. The third-order valence-corrected chi connectivity index (χ3v) is 2.96. The Morgan fingerprint density at radius 3 is 3.05 bits per heavy atom. The van der Waals surface area contributed by atoms with Gasteiger partial charge < -0.3 is 20.7 Å². The van der Waals surface area contributed by atoms with Crippen molar-refractivity contribution in [1.82, 2.24) is 19.5 Å². The summed E-state index contributed by atoms with van der Waals surface area (Å²) in [7, 11) is 0. The summed E-state index contributed by atoms with van der Waals surface area (Å²) in [6.07, 6.45) is 0.598. The summed E-state index contributed by atoms with van der Waals surface area (Å²) in [6, 6.07) is 0. The van der Waals surface area contributed by atoms with E-state index in [1.54, 1.807) is 0 Å². The van der Waals surface area contributed by atoms with Gasteiger partial charge in [-0.15, -0.1) is 0 Å². The Bertz CT molecular complexity index is 665. The van der Waals surface area contributed by atoms with Crippen LogP contribution in [0.15, 0.2) is 11.1 Å².